The smallest absolute Gasteiger partial charge is 0.140 e. The predicted octanol–water partition coefficient (Wildman–Crippen LogP) is 3.37. The number of nitrogens with one attached hydrogen (secondary N) is 1. The zero-order chi connectivity index (χ0) is 18.7. The Balaban J connectivity index is 1.33. The molecule has 28 heavy (non-hydrogen) atoms. The first-order valence-corrected chi connectivity index (χ1v) is 10.5. The molecule has 3 heterocycles. The second-order valence-corrected chi connectivity index (χ2v) is 8.79. The fourth-order valence-electron chi connectivity index (χ4n) is 5.62. The Bertz CT molecular complexity index is 1010. The molecular formula is C24H27N3O. The number of aryl methyl sites for hydroxylation is 1. The highest BCUT2D eigenvalue weighted by atomic mass is 16.5. The van der Waals surface area contributed by atoms with Crippen LogP contribution in [0.3, 0.4) is 0 Å². The van der Waals surface area contributed by atoms with Crippen molar-refractivity contribution in [3.63, 3.8) is 0 Å². The van der Waals surface area contributed by atoms with Gasteiger partial charge < -0.3 is 14.6 Å². The Kier molecular flexibility index (Phi) is 3.78. The third kappa shape index (κ3) is 2.59. The number of nitrogens with zero attached hydrogens (tertiary/aromatic N) is 2. The van der Waals surface area contributed by atoms with E-state index < -0.39 is 0 Å². The summed E-state index contributed by atoms with van der Waals surface area (Å²) in [5.41, 5.74) is 4.05. The quantitative estimate of drug-likeness (QED) is 0.763. The van der Waals surface area contributed by atoms with Gasteiger partial charge in [0.1, 0.15) is 11.9 Å². The zero-order valence-electron chi connectivity index (χ0n) is 16.3. The Morgan fingerprint density at radius 1 is 1.00 bits per heavy atom. The van der Waals surface area contributed by atoms with Crippen molar-refractivity contribution in [2.45, 2.75) is 18.6 Å². The number of fused-ring (bicyclic) bond motifs is 3. The summed E-state index contributed by atoms with van der Waals surface area (Å²) in [6.45, 7) is 4.76. The Morgan fingerprint density at radius 2 is 1.82 bits per heavy atom. The van der Waals surface area contributed by atoms with Crippen LogP contribution >= 0.6 is 0 Å². The zero-order valence-corrected chi connectivity index (χ0v) is 16.3. The van der Waals surface area contributed by atoms with Crippen LogP contribution in [0, 0.1) is 11.8 Å². The number of hydrogen-bond donors (Lipinski definition) is 1. The first-order valence-electron chi connectivity index (χ1n) is 10.5. The van der Waals surface area contributed by atoms with Crippen LogP contribution in [-0.2, 0) is 13.5 Å². The molecule has 2 fully saturated rings. The van der Waals surface area contributed by atoms with E-state index in [1.807, 2.05) is 0 Å². The SMILES string of the molecule is Cn1ccc2ccc(OC3c4ccccc4CC3N3CC4CNCC4C3)cc21. The minimum Gasteiger partial charge on any atom is -0.484 e. The maximum absolute atomic E-state index is 6.71. The lowest BCUT2D eigenvalue weighted by atomic mass is 10.0. The van der Waals surface area contributed by atoms with E-state index in [0.29, 0.717) is 6.04 Å². The van der Waals surface area contributed by atoms with Crippen molar-refractivity contribution < 1.29 is 4.74 Å². The fourth-order valence-corrected chi connectivity index (χ4v) is 5.62. The van der Waals surface area contributed by atoms with Crippen LogP contribution in [0.5, 0.6) is 5.75 Å². The van der Waals surface area contributed by atoms with Crippen LogP contribution in [-0.4, -0.2) is 41.7 Å². The summed E-state index contributed by atoms with van der Waals surface area (Å²) in [5, 5.41) is 4.83. The maximum Gasteiger partial charge on any atom is 0.140 e. The normalized spacial score (nSPS) is 29.3. The van der Waals surface area contributed by atoms with Gasteiger partial charge >= 0.3 is 0 Å². The van der Waals surface area contributed by atoms with Gasteiger partial charge in [-0.15, -0.1) is 0 Å². The summed E-state index contributed by atoms with van der Waals surface area (Å²) in [6.07, 6.45) is 3.32. The molecule has 1 aromatic heterocycles. The predicted molar refractivity (Wildman–Crippen MR) is 112 cm³/mol. The average molecular weight is 374 g/mol. The van der Waals surface area contributed by atoms with Gasteiger partial charge in [0.05, 0.1) is 11.6 Å². The molecule has 4 atom stereocenters. The van der Waals surface area contributed by atoms with Crippen molar-refractivity contribution in [3.8, 4) is 5.75 Å². The first kappa shape index (κ1) is 16.6. The van der Waals surface area contributed by atoms with E-state index in [2.05, 4.69) is 76.6 Å². The molecule has 6 rings (SSSR count). The molecule has 2 aromatic carbocycles. The number of ether oxygens (including phenoxy) is 1. The maximum atomic E-state index is 6.71. The highest BCUT2D eigenvalue weighted by molar-refractivity contribution is 5.81. The molecule has 2 saturated heterocycles. The van der Waals surface area contributed by atoms with Crippen molar-refractivity contribution >= 4 is 10.9 Å². The van der Waals surface area contributed by atoms with Gasteiger partial charge in [-0.2, -0.15) is 0 Å². The minimum absolute atomic E-state index is 0.112. The second kappa shape index (κ2) is 6.36. The van der Waals surface area contributed by atoms with E-state index in [0.717, 1.165) is 24.0 Å². The summed E-state index contributed by atoms with van der Waals surface area (Å²) < 4.78 is 8.87. The van der Waals surface area contributed by atoms with Crippen LogP contribution in [0.1, 0.15) is 17.2 Å². The van der Waals surface area contributed by atoms with Crippen molar-refractivity contribution in [1.82, 2.24) is 14.8 Å². The van der Waals surface area contributed by atoms with E-state index in [1.54, 1.807) is 0 Å². The molecule has 2 aliphatic heterocycles. The lowest BCUT2D eigenvalue weighted by Gasteiger charge is -2.31. The second-order valence-electron chi connectivity index (χ2n) is 8.79. The van der Waals surface area contributed by atoms with Crippen LogP contribution in [0.2, 0.25) is 0 Å². The van der Waals surface area contributed by atoms with Gasteiger partial charge in [0.15, 0.2) is 0 Å². The Hall–Kier alpha value is -2.30. The Morgan fingerprint density at radius 3 is 2.68 bits per heavy atom. The fraction of sp³-hybridized carbons (Fsp3) is 0.417. The number of hydrogen-bond acceptors (Lipinski definition) is 3. The van der Waals surface area contributed by atoms with Gasteiger partial charge in [-0.1, -0.05) is 24.3 Å². The molecule has 0 bridgehead atoms. The molecule has 4 nitrogen and oxygen atoms in total. The van der Waals surface area contributed by atoms with Crippen molar-refractivity contribution in [2.24, 2.45) is 18.9 Å². The van der Waals surface area contributed by atoms with Gasteiger partial charge in [0.2, 0.25) is 0 Å². The Labute approximate surface area is 166 Å². The number of rotatable bonds is 3. The lowest BCUT2D eigenvalue weighted by molar-refractivity contribution is 0.0891. The van der Waals surface area contributed by atoms with Crippen molar-refractivity contribution in [1.29, 1.82) is 0 Å². The summed E-state index contributed by atoms with van der Waals surface area (Å²) in [4.78, 5) is 2.71. The van der Waals surface area contributed by atoms with Crippen LogP contribution in [0.4, 0.5) is 0 Å². The van der Waals surface area contributed by atoms with Crippen LogP contribution in [0.25, 0.3) is 10.9 Å². The monoisotopic (exact) mass is 373 g/mol. The highest BCUT2D eigenvalue weighted by Gasteiger charge is 2.44. The van der Waals surface area contributed by atoms with E-state index in [-0.39, 0.29) is 6.10 Å². The van der Waals surface area contributed by atoms with Gasteiger partial charge in [-0.25, -0.2) is 0 Å². The van der Waals surface area contributed by atoms with E-state index >= 15 is 0 Å². The van der Waals surface area contributed by atoms with E-state index in [1.165, 1.54) is 48.2 Å². The number of benzene rings is 2. The molecule has 0 saturated carbocycles. The summed E-state index contributed by atoms with van der Waals surface area (Å²) in [7, 11) is 2.09. The van der Waals surface area contributed by atoms with Gasteiger partial charge in [0.25, 0.3) is 0 Å². The first-order chi connectivity index (χ1) is 13.8. The van der Waals surface area contributed by atoms with Crippen LogP contribution in [0.15, 0.2) is 54.7 Å². The summed E-state index contributed by atoms with van der Waals surface area (Å²) >= 11 is 0. The highest BCUT2D eigenvalue weighted by Crippen LogP contribution is 2.41. The van der Waals surface area contributed by atoms with Crippen LogP contribution < -0.4 is 10.1 Å². The molecule has 1 N–H and O–H groups in total. The topological polar surface area (TPSA) is 29.4 Å². The van der Waals surface area contributed by atoms with Crippen molar-refractivity contribution in [3.05, 3.63) is 65.9 Å². The molecule has 4 unspecified atom stereocenters. The average Bonchev–Trinajstić information content (AvgIpc) is 3.45. The lowest BCUT2D eigenvalue weighted by Crippen LogP contribution is -2.40. The van der Waals surface area contributed by atoms with Gasteiger partial charge in [0, 0.05) is 32.4 Å². The van der Waals surface area contributed by atoms with Crippen molar-refractivity contribution in [2.75, 3.05) is 26.2 Å². The molecule has 3 aliphatic rings. The molecule has 0 amide bonds. The molecule has 0 radical (unpaired) electrons. The van der Waals surface area contributed by atoms with Gasteiger partial charge in [-0.05, 0) is 66.1 Å². The largest absolute Gasteiger partial charge is 0.484 e. The molecule has 4 heteroatoms. The summed E-state index contributed by atoms with van der Waals surface area (Å²) in [6, 6.07) is 17.9. The summed E-state index contributed by atoms with van der Waals surface area (Å²) in [5.74, 6) is 2.59. The standard InChI is InChI=1S/C24H27N3O/c1-26-9-8-16-6-7-20(11-22(16)26)28-24-21-5-3-2-4-17(21)10-23(24)27-14-18-12-25-13-19(18)15-27/h2-9,11,18-19,23-25H,10,12-15H2,1H3. The molecular weight excluding hydrogens is 346 g/mol. The van der Waals surface area contributed by atoms with E-state index in [4.69, 9.17) is 4.74 Å². The minimum atomic E-state index is 0.112. The van der Waals surface area contributed by atoms with Gasteiger partial charge in [-0.3, -0.25) is 4.90 Å². The molecule has 3 aromatic rings. The molecule has 144 valence electrons. The number of aromatic nitrogens is 1. The third-order valence-electron chi connectivity index (χ3n) is 7.15. The van der Waals surface area contributed by atoms with E-state index in [9.17, 15) is 0 Å². The molecule has 0 spiro atoms. The molecule has 1 aliphatic carbocycles. The number of likely N-dealkylation sites (tertiary alicyclic amines) is 1. The third-order valence-corrected chi connectivity index (χ3v) is 7.15.